The minimum Gasteiger partial charge on any atom is -0.481 e. The van der Waals surface area contributed by atoms with Crippen LogP contribution < -0.4 is 4.74 Å². The number of pyridine rings is 1. The van der Waals surface area contributed by atoms with Crippen LogP contribution in [0.4, 0.5) is 0 Å². The fourth-order valence-corrected chi connectivity index (χ4v) is 1.94. The second-order valence-corrected chi connectivity index (χ2v) is 3.32. The van der Waals surface area contributed by atoms with Crippen LogP contribution in [0.15, 0.2) is 12.3 Å². The summed E-state index contributed by atoms with van der Waals surface area (Å²) >= 11 is 0. The molecular formula is C10H11NO3. The molecule has 1 heterocycles. The van der Waals surface area contributed by atoms with Crippen LogP contribution in [0.2, 0.25) is 0 Å². The van der Waals surface area contributed by atoms with Crippen LogP contribution in [-0.4, -0.2) is 23.2 Å². The minimum absolute atomic E-state index is 0.450. The fourth-order valence-electron chi connectivity index (χ4n) is 1.94. The van der Waals surface area contributed by atoms with Gasteiger partial charge in [-0.05, 0) is 24.5 Å². The van der Waals surface area contributed by atoms with E-state index in [1.165, 1.54) is 7.11 Å². The highest BCUT2D eigenvalue weighted by atomic mass is 16.5. The summed E-state index contributed by atoms with van der Waals surface area (Å²) in [5.41, 5.74) is 1.80. The van der Waals surface area contributed by atoms with Gasteiger partial charge in [0.15, 0.2) is 0 Å². The largest absolute Gasteiger partial charge is 0.481 e. The Morgan fingerprint density at radius 1 is 1.71 bits per heavy atom. The van der Waals surface area contributed by atoms with E-state index >= 15 is 0 Å². The number of fused-ring (bicyclic) bond motifs is 1. The van der Waals surface area contributed by atoms with Crippen LogP contribution in [0.1, 0.15) is 23.5 Å². The third-order valence-corrected chi connectivity index (χ3v) is 2.59. The number of aromatic nitrogens is 1. The highest BCUT2D eigenvalue weighted by Gasteiger charge is 2.31. The molecule has 0 bridgehead atoms. The lowest BCUT2D eigenvalue weighted by atomic mass is 10.0. The molecule has 0 aromatic carbocycles. The molecule has 14 heavy (non-hydrogen) atoms. The van der Waals surface area contributed by atoms with Gasteiger partial charge in [-0.2, -0.15) is 0 Å². The number of carboxylic acid groups (broad SMARTS) is 1. The van der Waals surface area contributed by atoms with Crippen molar-refractivity contribution in [1.82, 2.24) is 4.98 Å². The molecule has 1 aromatic heterocycles. The molecular weight excluding hydrogens is 182 g/mol. The topological polar surface area (TPSA) is 59.4 Å². The predicted octanol–water partition coefficient (Wildman–Crippen LogP) is 1.20. The smallest absolute Gasteiger partial charge is 0.311 e. The van der Waals surface area contributed by atoms with Gasteiger partial charge in [0.2, 0.25) is 5.88 Å². The number of carboxylic acids is 1. The molecule has 0 saturated heterocycles. The van der Waals surface area contributed by atoms with Crippen molar-refractivity contribution in [3.8, 4) is 5.88 Å². The van der Waals surface area contributed by atoms with Gasteiger partial charge in [0.25, 0.3) is 0 Å². The summed E-state index contributed by atoms with van der Waals surface area (Å²) in [6.45, 7) is 0. The van der Waals surface area contributed by atoms with E-state index in [-0.39, 0.29) is 0 Å². The average Bonchev–Trinajstić information content (AvgIpc) is 2.60. The van der Waals surface area contributed by atoms with Gasteiger partial charge in [0.1, 0.15) is 0 Å². The lowest BCUT2D eigenvalue weighted by Crippen LogP contribution is -2.09. The number of hydrogen-bond acceptors (Lipinski definition) is 3. The molecule has 0 spiro atoms. The number of methoxy groups -OCH3 is 1. The maximum Gasteiger partial charge on any atom is 0.311 e. The van der Waals surface area contributed by atoms with Gasteiger partial charge in [-0.15, -0.1) is 0 Å². The van der Waals surface area contributed by atoms with Crippen molar-refractivity contribution in [2.24, 2.45) is 0 Å². The van der Waals surface area contributed by atoms with Gasteiger partial charge in [-0.25, -0.2) is 4.98 Å². The zero-order chi connectivity index (χ0) is 10.1. The normalized spacial score (nSPS) is 19.1. The van der Waals surface area contributed by atoms with Crippen LogP contribution in [0, 0.1) is 0 Å². The maximum absolute atomic E-state index is 10.9. The third kappa shape index (κ3) is 1.23. The Morgan fingerprint density at radius 3 is 3.14 bits per heavy atom. The lowest BCUT2D eigenvalue weighted by Gasteiger charge is -2.09. The first kappa shape index (κ1) is 8.99. The summed E-state index contributed by atoms with van der Waals surface area (Å²) in [5.74, 6) is -0.795. The molecule has 4 nitrogen and oxygen atoms in total. The number of aryl methyl sites for hydroxylation is 1. The van der Waals surface area contributed by atoms with Gasteiger partial charge >= 0.3 is 5.97 Å². The zero-order valence-corrected chi connectivity index (χ0v) is 7.86. The quantitative estimate of drug-likeness (QED) is 0.766. The van der Waals surface area contributed by atoms with Crippen LogP contribution in [-0.2, 0) is 11.2 Å². The van der Waals surface area contributed by atoms with Gasteiger partial charge in [-0.1, -0.05) is 0 Å². The first-order valence-corrected chi connectivity index (χ1v) is 4.48. The van der Waals surface area contributed by atoms with E-state index in [0.717, 1.165) is 17.5 Å². The molecule has 1 aliphatic rings. The molecule has 0 aliphatic heterocycles. The molecule has 1 atom stereocenters. The van der Waals surface area contributed by atoms with E-state index in [0.29, 0.717) is 12.3 Å². The molecule has 2 rings (SSSR count). The Bertz CT molecular complexity index is 376. The van der Waals surface area contributed by atoms with Crippen molar-refractivity contribution >= 4 is 5.97 Å². The van der Waals surface area contributed by atoms with E-state index in [9.17, 15) is 4.79 Å². The minimum atomic E-state index is -0.796. The van der Waals surface area contributed by atoms with Crippen molar-refractivity contribution < 1.29 is 14.6 Å². The van der Waals surface area contributed by atoms with Crippen molar-refractivity contribution in [3.05, 3.63) is 23.4 Å². The summed E-state index contributed by atoms with van der Waals surface area (Å²) in [6, 6.07) is 1.86. The number of hydrogen-bond donors (Lipinski definition) is 1. The van der Waals surface area contributed by atoms with Gasteiger partial charge < -0.3 is 9.84 Å². The van der Waals surface area contributed by atoms with E-state index < -0.39 is 11.9 Å². The standard InChI is InChI=1S/C10H11NO3/c1-14-9-8-6(4-5-11-9)2-3-7(8)10(12)13/h4-5,7H,2-3H2,1H3,(H,12,13). The fraction of sp³-hybridized carbons (Fsp3) is 0.400. The van der Waals surface area contributed by atoms with E-state index in [2.05, 4.69) is 4.98 Å². The number of rotatable bonds is 2. The summed E-state index contributed by atoms with van der Waals surface area (Å²) in [5, 5.41) is 9.00. The SMILES string of the molecule is COc1nccc2c1C(C(=O)O)CC2. The number of ether oxygens (including phenoxy) is 1. The Kier molecular flexibility index (Phi) is 2.11. The van der Waals surface area contributed by atoms with Gasteiger partial charge in [0, 0.05) is 11.8 Å². The number of carbonyl (C=O) groups is 1. The molecule has 0 saturated carbocycles. The first-order chi connectivity index (χ1) is 6.74. The average molecular weight is 193 g/mol. The second-order valence-electron chi connectivity index (χ2n) is 3.32. The maximum atomic E-state index is 10.9. The molecule has 1 aliphatic carbocycles. The highest BCUT2D eigenvalue weighted by Crippen LogP contribution is 2.37. The zero-order valence-electron chi connectivity index (χ0n) is 7.86. The summed E-state index contributed by atoms with van der Waals surface area (Å²) in [6.07, 6.45) is 3.10. The van der Waals surface area contributed by atoms with E-state index in [1.807, 2.05) is 6.07 Å². The first-order valence-electron chi connectivity index (χ1n) is 4.48. The summed E-state index contributed by atoms with van der Waals surface area (Å²) in [7, 11) is 1.51. The number of aliphatic carboxylic acids is 1. The summed E-state index contributed by atoms with van der Waals surface area (Å²) < 4.78 is 5.06. The Balaban J connectivity index is 2.50. The lowest BCUT2D eigenvalue weighted by molar-refractivity contribution is -0.138. The van der Waals surface area contributed by atoms with Crippen LogP contribution in [0.3, 0.4) is 0 Å². The Labute approximate surface area is 81.5 Å². The molecule has 4 heteroatoms. The molecule has 1 N–H and O–H groups in total. The van der Waals surface area contributed by atoms with Crippen molar-refractivity contribution in [2.75, 3.05) is 7.11 Å². The molecule has 0 radical (unpaired) electrons. The number of nitrogens with zero attached hydrogens (tertiary/aromatic N) is 1. The van der Waals surface area contributed by atoms with Crippen LogP contribution >= 0.6 is 0 Å². The molecule has 74 valence electrons. The molecule has 1 aromatic rings. The van der Waals surface area contributed by atoms with Crippen LogP contribution in [0.25, 0.3) is 0 Å². The van der Waals surface area contributed by atoms with E-state index in [4.69, 9.17) is 9.84 Å². The van der Waals surface area contributed by atoms with Gasteiger partial charge in [0.05, 0.1) is 13.0 Å². The Morgan fingerprint density at radius 2 is 2.50 bits per heavy atom. The third-order valence-electron chi connectivity index (χ3n) is 2.59. The second kappa shape index (κ2) is 3.29. The molecule has 0 amide bonds. The van der Waals surface area contributed by atoms with Crippen molar-refractivity contribution in [2.45, 2.75) is 18.8 Å². The molecule has 1 unspecified atom stereocenters. The highest BCUT2D eigenvalue weighted by molar-refractivity contribution is 5.78. The van der Waals surface area contributed by atoms with Crippen LogP contribution in [0.5, 0.6) is 5.88 Å². The molecule has 0 fully saturated rings. The van der Waals surface area contributed by atoms with Gasteiger partial charge in [-0.3, -0.25) is 4.79 Å². The Hall–Kier alpha value is -1.58. The monoisotopic (exact) mass is 193 g/mol. The van der Waals surface area contributed by atoms with Crippen molar-refractivity contribution in [3.63, 3.8) is 0 Å². The predicted molar refractivity (Wildman–Crippen MR) is 49.5 cm³/mol. The summed E-state index contributed by atoms with van der Waals surface area (Å²) in [4.78, 5) is 15.0. The van der Waals surface area contributed by atoms with E-state index in [1.54, 1.807) is 6.20 Å². The van der Waals surface area contributed by atoms with Crippen molar-refractivity contribution in [1.29, 1.82) is 0 Å².